The van der Waals surface area contributed by atoms with Crippen molar-refractivity contribution in [2.45, 2.75) is 6.54 Å². The predicted molar refractivity (Wildman–Crippen MR) is 120 cm³/mol. The number of halogens is 1. The molecule has 6 nitrogen and oxygen atoms in total. The maximum Gasteiger partial charge on any atom is 0.255 e. The van der Waals surface area contributed by atoms with E-state index in [2.05, 4.69) is 10.4 Å². The van der Waals surface area contributed by atoms with Crippen molar-refractivity contribution in [1.29, 1.82) is 0 Å². The molecule has 0 radical (unpaired) electrons. The van der Waals surface area contributed by atoms with Gasteiger partial charge in [-0.3, -0.25) is 4.79 Å². The molecule has 7 heteroatoms. The van der Waals surface area contributed by atoms with Crippen LogP contribution in [0.5, 0.6) is 11.5 Å². The molecule has 162 valence electrons. The van der Waals surface area contributed by atoms with Crippen molar-refractivity contribution in [3.63, 3.8) is 0 Å². The van der Waals surface area contributed by atoms with E-state index >= 15 is 0 Å². The van der Waals surface area contributed by atoms with Crippen LogP contribution in [0.15, 0.2) is 79.0 Å². The van der Waals surface area contributed by atoms with Gasteiger partial charge in [0.25, 0.3) is 5.91 Å². The average molecular weight is 431 g/mol. The number of para-hydroxylation sites is 1. The van der Waals surface area contributed by atoms with Crippen LogP contribution in [-0.2, 0) is 6.54 Å². The minimum atomic E-state index is -0.372. The number of hydrogen-bond acceptors (Lipinski definition) is 4. The third-order valence-corrected chi connectivity index (χ3v) is 5.04. The van der Waals surface area contributed by atoms with Crippen molar-refractivity contribution in [2.24, 2.45) is 0 Å². The van der Waals surface area contributed by atoms with Gasteiger partial charge in [0, 0.05) is 29.9 Å². The lowest BCUT2D eigenvalue weighted by Gasteiger charge is -2.10. The number of carbonyl (C=O) groups is 1. The first-order valence-electron chi connectivity index (χ1n) is 10.00. The number of aromatic nitrogens is 2. The van der Waals surface area contributed by atoms with Gasteiger partial charge in [0.1, 0.15) is 23.0 Å². The van der Waals surface area contributed by atoms with E-state index in [-0.39, 0.29) is 18.3 Å². The number of rotatable bonds is 7. The van der Waals surface area contributed by atoms with E-state index in [4.69, 9.17) is 9.47 Å². The smallest absolute Gasteiger partial charge is 0.255 e. The fourth-order valence-corrected chi connectivity index (χ4v) is 3.36. The zero-order valence-corrected chi connectivity index (χ0v) is 17.7. The van der Waals surface area contributed by atoms with Crippen LogP contribution in [0.1, 0.15) is 15.9 Å². The molecule has 1 amide bonds. The first kappa shape index (κ1) is 21.1. The van der Waals surface area contributed by atoms with Crippen molar-refractivity contribution in [3.05, 3.63) is 95.9 Å². The lowest BCUT2D eigenvalue weighted by atomic mass is 10.1. The summed E-state index contributed by atoms with van der Waals surface area (Å²) in [5.41, 5.74) is 2.63. The minimum absolute atomic E-state index is 0.0568. The minimum Gasteiger partial charge on any atom is -0.497 e. The molecular weight excluding hydrogens is 409 g/mol. The summed E-state index contributed by atoms with van der Waals surface area (Å²) in [6.45, 7) is 0.0568. The van der Waals surface area contributed by atoms with Crippen LogP contribution in [0, 0.1) is 5.82 Å². The summed E-state index contributed by atoms with van der Waals surface area (Å²) in [6, 6.07) is 21.1. The van der Waals surface area contributed by atoms with E-state index in [1.54, 1.807) is 61.5 Å². The van der Waals surface area contributed by atoms with E-state index in [1.807, 2.05) is 30.3 Å². The van der Waals surface area contributed by atoms with E-state index < -0.39 is 0 Å². The van der Waals surface area contributed by atoms with Gasteiger partial charge in [-0.15, -0.1) is 0 Å². The fraction of sp³-hybridized carbons (Fsp3) is 0.120. The van der Waals surface area contributed by atoms with E-state index in [1.165, 1.54) is 6.07 Å². The van der Waals surface area contributed by atoms with Gasteiger partial charge >= 0.3 is 0 Å². The third-order valence-electron chi connectivity index (χ3n) is 5.04. The molecule has 0 spiro atoms. The molecule has 1 heterocycles. The lowest BCUT2D eigenvalue weighted by Crippen LogP contribution is -2.23. The number of hydrogen-bond donors (Lipinski definition) is 1. The molecule has 1 N–H and O–H groups in total. The Morgan fingerprint density at radius 2 is 1.75 bits per heavy atom. The molecule has 4 rings (SSSR count). The Kier molecular flexibility index (Phi) is 6.17. The number of ether oxygens (including phenoxy) is 2. The summed E-state index contributed by atoms with van der Waals surface area (Å²) < 4.78 is 26.4. The highest BCUT2D eigenvalue weighted by atomic mass is 19.1. The number of nitrogens with one attached hydrogen (secondary N) is 1. The van der Waals surface area contributed by atoms with Crippen LogP contribution in [0.25, 0.3) is 16.9 Å². The Morgan fingerprint density at radius 3 is 2.47 bits per heavy atom. The summed E-state index contributed by atoms with van der Waals surface area (Å²) in [7, 11) is 3.12. The Balaban J connectivity index is 1.74. The Labute approximate surface area is 185 Å². The van der Waals surface area contributed by atoms with Crippen LogP contribution >= 0.6 is 0 Å². The maximum absolute atomic E-state index is 14.0. The highest BCUT2D eigenvalue weighted by Gasteiger charge is 2.22. The Hall–Kier alpha value is -4.13. The van der Waals surface area contributed by atoms with Gasteiger partial charge in [-0.05, 0) is 30.3 Å². The monoisotopic (exact) mass is 431 g/mol. The van der Waals surface area contributed by atoms with Crippen molar-refractivity contribution in [3.8, 4) is 28.4 Å². The van der Waals surface area contributed by atoms with E-state index in [0.29, 0.717) is 33.9 Å². The number of amides is 1. The van der Waals surface area contributed by atoms with Crippen molar-refractivity contribution < 1.29 is 18.7 Å². The second-order valence-corrected chi connectivity index (χ2v) is 7.01. The summed E-state index contributed by atoms with van der Waals surface area (Å²) in [5, 5.41) is 7.46. The fourth-order valence-electron chi connectivity index (χ4n) is 3.36. The lowest BCUT2D eigenvalue weighted by molar-refractivity contribution is 0.0951. The number of carbonyl (C=O) groups excluding carboxylic acids is 1. The van der Waals surface area contributed by atoms with Crippen molar-refractivity contribution >= 4 is 5.91 Å². The molecular formula is C25H22FN3O3. The highest BCUT2D eigenvalue weighted by molar-refractivity contribution is 6.00. The van der Waals surface area contributed by atoms with Gasteiger partial charge in [0.05, 0.1) is 25.5 Å². The third kappa shape index (κ3) is 4.32. The normalized spacial score (nSPS) is 10.6. The molecule has 32 heavy (non-hydrogen) atoms. The standard InChI is InChI=1S/C25H22FN3O3/c1-31-19-12-13-20(23(14-19)32-2)24-21(16-29(28-24)18-9-4-3-5-10-18)25(30)27-15-17-8-6-7-11-22(17)26/h3-14,16H,15H2,1-2H3,(H,27,30). The Morgan fingerprint density at radius 1 is 1.00 bits per heavy atom. The van der Waals surface area contributed by atoms with Gasteiger partial charge < -0.3 is 14.8 Å². The van der Waals surface area contributed by atoms with Gasteiger partial charge in [0.2, 0.25) is 0 Å². The quantitative estimate of drug-likeness (QED) is 0.464. The summed E-state index contributed by atoms with van der Waals surface area (Å²) in [6.07, 6.45) is 1.66. The van der Waals surface area contributed by atoms with Crippen LogP contribution in [0.3, 0.4) is 0 Å². The molecule has 0 aliphatic rings. The van der Waals surface area contributed by atoms with Crippen LogP contribution in [0.2, 0.25) is 0 Å². The van der Waals surface area contributed by atoms with Crippen LogP contribution < -0.4 is 14.8 Å². The number of methoxy groups -OCH3 is 2. The van der Waals surface area contributed by atoms with Crippen molar-refractivity contribution in [2.75, 3.05) is 14.2 Å². The average Bonchev–Trinajstić information content (AvgIpc) is 3.29. The van der Waals surface area contributed by atoms with E-state index in [9.17, 15) is 9.18 Å². The molecule has 0 unspecified atom stereocenters. The predicted octanol–water partition coefficient (Wildman–Crippen LogP) is 4.63. The second kappa shape index (κ2) is 9.34. The summed E-state index contributed by atoms with van der Waals surface area (Å²) >= 11 is 0. The molecule has 0 saturated carbocycles. The van der Waals surface area contributed by atoms with E-state index in [0.717, 1.165) is 5.69 Å². The molecule has 0 saturated heterocycles. The topological polar surface area (TPSA) is 65.4 Å². The van der Waals surface area contributed by atoms with Gasteiger partial charge in [-0.25, -0.2) is 9.07 Å². The first-order valence-corrected chi connectivity index (χ1v) is 10.00. The van der Waals surface area contributed by atoms with Gasteiger partial charge in [-0.1, -0.05) is 36.4 Å². The number of benzene rings is 3. The van der Waals surface area contributed by atoms with Crippen molar-refractivity contribution in [1.82, 2.24) is 15.1 Å². The Bertz CT molecular complexity index is 1240. The molecule has 0 bridgehead atoms. The van der Waals surface area contributed by atoms with Crippen LogP contribution in [-0.4, -0.2) is 29.9 Å². The zero-order chi connectivity index (χ0) is 22.5. The zero-order valence-electron chi connectivity index (χ0n) is 17.7. The molecule has 0 aliphatic heterocycles. The summed E-state index contributed by atoms with van der Waals surface area (Å²) in [4.78, 5) is 13.1. The number of nitrogens with zero attached hydrogens (tertiary/aromatic N) is 2. The van der Waals surface area contributed by atoms with Gasteiger partial charge in [0.15, 0.2) is 0 Å². The molecule has 3 aromatic carbocycles. The second-order valence-electron chi connectivity index (χ2n) is 7.01. The molecule has 4 aromatic rings. The highest BCUT2D eigenvalue weighted by Crippen LogP contribution is 2.34. The summed E-state index contributed by atoms with van der Waals surface area (Å²) in [5.74, 6) is 0.401. The van der Waals surface area contributed by atoms with Gasteiger partial charge in [-0.2, -0.15) is 5.10 Å². The largest absolute Gasteiger partial charge is 0.497 e. The first-order chi connectivity index (χ1) is 15.6. The molecule has 0 fully saturated rings. The SMILES string of the molecule is COc1ccc(-c2nn(-c3ccccc3)cc2C(=O)NCc2ccccc2F)c(OC)c1. The molecule has 0 aliphatic carbocycles. The maximum atomic E-state index is 14.0. The molecule has 0 atom stereocenters. The molecule has 1 aromatic heterocycles. The van der Waals surface area contributed by atoms with Crippen LogP contribution in [0.4, 0.5) is 4.39 Å².